The minimum atomic E-state index is -0.559. The van der Waals surface area contributed by atoms with Gasteiger partial charge in [-0.3, -0.25) is 14.6 Å². The van der Waals surface area contributed by atoms with Gasteiger partial charge >= 0.3 is 0 Å². The van der Waals surface area contributed by atoms with Crippen LogP contribution in [0.5, 0.6) is 0 Å². The lowest BCUT2D eigenvalue weighted by atomic mass is 10.00. The molecule has 0 radical (unpaired) electrons. The summed E-state index contributed by atoms with van der Waals surface area (Å²) in [6.07, 6.45) is 0.609. The SMILES string of the molecule is Cc1cccc(NC(=O)CN2C(=O)C(CC(C)C)N=C(c3ccccc3)c3ccccc32)c1C. The highest BCUT2D eigenvalue weighted by atomic mass is 16.2. The zero-order valence-corrected chi connectivity index (χ0v) is 20.2. The van der Waals surface area contributed by atoms with Crippen molar-refractivity contribution < 1.29 is 9.59 Å². The number of benzodiazepines with no additional fused rings is 1. The Balaban J connectivity index is 1.73. The van der Waals surface area contributed by atoms with Crippen molar-refractivity contribution in [2.45, 2.75) is 40.2 Å². The van der Waals surface area contributed by atoms with Crippen molar-refractivity contribution >= 4 is 28.9 Å². The molecule has 1 heterocycles. The normalized spacial score (nSPS) is 15.6. The number of anilines is 2. The maximum absolute atomic E-state index is 13.8. The van der Waals surface area contributed by atoms with Crippen LogP contribution in [-0.2, 0) is 9.59 Å². The van der Waals surface area contributed by atoms with E-state index in [1.807, 2.05) is 86.6 Å². The number of nitrogens with one attached hydrogen (secondary N) is 1. The molecule has 0 aromatic heterocycles. The Morgan fingerprint density at radius 2 is 1.68 bits per heavy atom. The van der Waals surface area contributed by atoms with Crippen LogP contribution in [-0.4, -0.2) is 30.1 Å². The topological polar surface area (TPSA) is 61.8 Å². The number of rotatable bonds is 6. The van der Waals surface area contributed by atoms with Gasteiger partial charge in [-0.15, -0.1) is 0 Å². The highest BCUT2D eigenvalue weighted by molar-refractivity contribution is 6.21. The second kappa shape index (κ2) is 10.0. The van der Waals surface area contributed by atoms with Gasteiger partial charge in [0.25, 0.3) is 5.91 Å². The number of hydrogen-bond acceptors (Lipinski definition) is 3. The average Bonchev–Trinajstić information content (AvgIpc) is 2.93. The van der Waals surface area contributed by atoms with E-state index in [9.17, 15) is 9.59 Å². The molecule has 1 unspecified atom stereocenters. The molecule has 0 aliphatic carbocycles. The molecule has 1 N–H and O–H groups in total. The Labute approximate surface area is 201 Å². The van der Waals surface area contributed by atoms with E-state index in [-0.39, 0.29) is 24.3 Å². The van der Waals surface area contributed by atoms with Gasteiger partial charge in [0.2, 0.25) is 5.91 Å². The second-order valence-corrected chi connectivity index (χ2v) is 9.23. The number of benzene rings is 3. The van der Waals surface area contributed by atoms with Gasteiger partial charge in [0, 0.05) is 16.8 Å². The largest absolute Gasteiger partial charge is 0.324 e. The van der Waals surface area contributed by atoms with E-state index in [1.165, 1.54) is 0 Å². The second-order valence-electron chi connectivity index (χ2n) is 9.23. The fourth-order valence-corrected chi connectivity index (χ4v) is 4.30. The van der Waals surface area contributed by atoms with Crippen molar-refractivity contribution in [1.29, 1.82) is 0 Å². The lowest BCUT2D eigenvalue weighted by Gasteiger charge is -2.25. The number of nitrogens with zero attached hydrogens (tertiary/aromatic N) is 2. The first-order valence-electron chi connectivity index (χ1n) is 11.7. The Morgan fingerprint density at radius 3 is 2.41 bits per heavy atom. The molecule has 5 nitrogen and oxygen atoms in total. The van der Waals surface area contributed by atoms with E-state index in [0.29, 0.717) is 12.1 Å². The summed E-state index contributed by atoms with van der Waals surface area (Å²) in [6, 6.07) is 22.9. The van der Waals surface area contributed by atoms with Crippen molar-refractivity contribution in [3.8, 4) is 0 Å². The van der Waals surface area contributed by atoms with Crippen LogP contribution in [0.25, 0.3) is 0 Å². The standard InChI is InChI=1S/C29H31N3O2/c1-19(2)17-25-29(34)32(18-27(33)30-24-15-10-11-20(3)21(24)4)26-16-9-8-14-23(26)28(31-25)22-12-6-5-7-13-22/h5-16,19,25H,17-18H2,1-4H3,(H,30,33). The summed E-state index contributed by atoms with van der Waals surface area (Å²) in [5.74, 6) is -0.104. The molecule has 1 atom stereocenters. The number of para-hydroxylation sites is 1. The first-order valence-corrected chi connectivity index (χ1v) is 11.7. The number of carbonyl (C=O) groups excluding carboxylic acids is 2. The van der Waals surface area contributed by atoms with E-state index in [4.69, 9.17) is 4.99 Å². The van der Waals surface area contributed by atoms with Crippen LogP contribution in [0.2, 0.25) is 0 Å². The maximum Gasteiger partial charge on any atom is 0.252 e. The maximum atomic E-state index is 13.8. The zero-order valence-electron chi connectivity index (χ0n) is 20.2. The van der Waals surface area contributed by atoms with Crippen LogP contribution in [0, 0.1) is 19.8 Å². The van der Waals surface area contributed by atoms with Crippen LogP contribution < -0.4 is 10.2 Å². The third-order valence-electron chi connectivity index (χ3n) is 6.21. The Kier molecular flexibility index (Phi) is 6.92. The predicted octanol–water partition coefficient (Wildman–Crippen LogP) is 5.54. The number of carbonyl (C=O) groups is 2. The van der Waals surface area contributed by atoms with Gasteiger partial charge in [-0.1, -0.05) is 74.5 Å². The summed E-state index contributed by atoms with van der Waals surface area (Å²) in [7, 11) is 0. The smallest absolute Gasteiger partial charge is 0.252 e. The van der Waals surface area contributed by atoms with Gasteiger partial charge in [0.05, 0.1) is 11.4 Å². The molecule has 1 aliphatic rings. The average molecular weight is 454 g/mol. The molecule has 4 rings (SSSR count). The minimum Gasteiger partial charge on any atom is -0.324 e. The number of hydrogen-bond donors (Lipinski definition) is 1. The number of aliphatic imine (C=N–C) groups is 1. The van der Waals surface area contributed by atoms with Crippen molar-refractivity contribution in [2.24, 2.45) is 10.9 Å². The quantitative estimate of drug-likeness (QED) is 0.533. The molecule has 3 aromatic rings. The predicted molar refractivity (Wildman–Crippen MR) is 139 cm³/mol. The molecule has 0 spiro atoms. The minimum absolute atomic E-state index is 0.0740. The summed E-state index contributed by atoms with van der Waals surface area (Å²) in [6.45, 7) is 8.09. The van der Waals surface area contributed by atoms with E-state index >= 15 is 0 Å². The van der Waals surface area contributed by atoms with Crippen LogP contribution in [0.15, 0.2) is 77.8 Å². The number of fused-ring (bicyclic) bond motifs is 1. The number of aryl methyl sites for hydroxylation is 1. The summed E-state index contributed by atoms with van der Waals surface area (Å²) in [5, 5.41) is 3.00. The van der Waals surface area contributed by atoms with Gasteiger partial charge in [-0.2, -0.15) is 0 Å². The molecule has 174 valence electrons. The molecule has 0 bridgehead atoms. The fourth-order valence-electron chi connectivity index (χ4n) is 4.30. The monoisotopic (exact) mass is 453 g/mol. The molecule has 0 saturated heterocycles. The molecule has 2 amide bonds. The van der Waals surface area contributed by atoms with Crippen LogP contribution >= 0.6 is 0 Å². The summed E-state index contributed by atoms with van der Waals surface area (Å²) in [4.78, 5) is 33.5. The lowest BCUT2D eigenvalue weighted by molar-refractivity contribution is -0.122. The van der Waals surface area contributed by atoms with Crippen molar-refractivity contribution in [3.63, 3.8) is 0 Å². The molecule has 34 heavy (non-hydrogen) atoms. The van der Waals surface area contributed by atoms with Crippen LogP contribution in [0.1, 0.15) is 42.5 Å². The molecule has 0 saturated carbocycles. The van der Waals surface area contributed by atoms with Gasteiger partial charge < -0.3 is 10.2 Å². The fraction of sp³-hybridized carbons (Fsp3) is 0.276. The van der Waals surface area contributed by atoms with Crippen molar-refractivity contribution in [1.82, 2.24) is 0 Å². The molecular weight excluding hydrogens is 422 g/mol. The van der Waals surface area contributed by atoms with Crippen LogP contribution in [0.4, 0.5) is 11.4 Å². The Bertz CT molecular complexity index is 1230. The summed E-state index contributed by atoms with van der Waals surface area (Å²) >= 11 is 0. The molecule has 3 aromatic carbocycles. The highest BCUT2D eigenvalue weighted by Crippen LogP contribution is 2.30. The van der Waals surface area contributed by atoms with E-state index in [0.717, 1.165) is 33.7 Å². The zero-order chi connectivity index (χ0) is 24.2. The van der Waals surface area contributed by atoms with E-state index in [1.54, 1.807) is 4.90 Å². The van der Waals surface area contributed by atoms with Gasteiger partial charge in [0.15, 0.2) is 0 Å². The van der Waals surface area contributed by atoms with Gasteiger partial charge in [0.1, 0.15) is 12.6 Å². The van der Waals surface area contributed by atoms with Crippen LogP contribution in [0.3, 0.4) is 0 Å². The molecule has 0 fully saturated rings. The highest BCUT2D eigenvalue weighted by Gasteiger charge is 2.33. The summed E-state index contributed by atoms with van der Waals surface area (Å²) in [5.41, 5.74) is 6.19. The Morgan fingerprint density at radius 1 is 0.971 bits per heavy atom. The summed E-state index contributed by atoms with van der Waals surface area (Å²) < 4.78 is 0. The van der Waals surface area contributed by atoms with Crippen molar-refractivity contribution in [2.75, 3.05) is 16.8 Å². The number of amides is 2. The van der Waals surface area contributed by atoms with Gasteiger partial charge in [-0.25, -0.2) is 0 Å². The van der Waals surface area contributed by atoms with E-state index in [2.05, 4.69) is 19.2 Å². The Hall–Kier alpha value is -3.73. The first-order chi connectivity index (χ1) is 16.3. The molecule has 5 heteroatoms. The molecular formula is C29H31N3O2. The molecule has 1 aliphatic heterocycles. The van der Waals surface area contributed by atoms with Gasteiger partial charge in [-0.05, 0) is 49.4 Å². The lowest BCUT2D eigenvalue weighted by Crippen LogP contribution is -2.43. The third kappa shape index (κ3) is 4.93. The first kappa shape index (κ1) is 23.4. The van der Waals surface area contributed by atoms with E-state index < -0.39 is 6.04 Å². The third-order valence-corrected chi connectivity index (χ3v) is 6.21. The van der Waals surface area contributed by atoms with Crippen molar-refractivity contribution in [3.05, 3.63) is 95.1 Å².